The van der Waals surface area contributed by atoms with E-state index in [1.54, 1.807) is 0 Å². The Morgan fingerprint density at radius 1 is 1.14 bits per heavy atom. The van der Waals surface area contributed by atoms with E-state index in [1.807, 2.05) is 66.4 Å². The fraction of sp³-hybridized carbons (Fsp3) is 0.318. The van der Waals surface area contributed by atoms with Crippen LogP contribution in [0.25, 0.3) is 11.4 Å². The van der Waals surface area contributed by atoms with Crippen LogP contribution in [0.3, 0.4) is 0 Å². The molecule has 4 rings (SSSR count). The first-order valence-electron chi connectivity index (χ1n) is 9.47. The van der Waals surface area contributed by atoms with E-state index < -0.39 is 0 Å². The number of amides is 1. The van der Waals surface area contributed by atoms with E-state index in [2.05, 4.69) is 17.1 Å². The zero-order chi connectivity index (χ0) is 19.5. The van der Waals surface area contributed by atoms with E-state index >= 15 is 0 Å². The quantitative estimate of drug-likeness (QED) is 0.678. The van der Waals surface area contributed by atoms with Crippen molar-refractivity contribution < 1.29 is 14.1 Å². The molecule has 0 aliphatic carbocycles. The van der Waals surface area contributed by atoms with E-state index in [9.17, 15) is 4.79 Å². The average Bonchev–Trinajstić information content (AvgIpc) is 3.34. The number of hydrogen-bond acceptors (Lipinski definition) is 5. The van der Waals surface area contributed by atoms with Crippen molar-refractivity contribution in [1.29, 1.82) is 0 Å². The zero-order valence-corrected chi connectivity index (χ0v) is 16.0. The van der Waals surface area contributed by atoms with Gasteiger partial charge in [-0.1, -0.05) is 60.6 Å². The van der Waals surface area contributed by atoms with Gasteiger partial charge in [0, 0.05) is 18.7 Å². The van der Waals surface area contributed by atoms with Gasteiger partial charge in [0.2, 0.25) is 11.7 Å². The van der Waals surface area contributed by atoms with Crippen LogP contribution in [0.4, 0.5) is 0 Å². The van der Waals surface area contributed by atoms with Crippen LogP contribution in [0.2, 0.25) is 0 Å². The number of carbonyl (C=O) groups is 1. The van der Waals surface area contributed by atoms with Crippen molar-refractivity contribution in [2.45, 2.75) is 19.8 Å². The molecule has 1 aliphatic heterocycles. The smallest absolute Gasteiger partial charge is 0.260 e. The predicted octanol–water partition coefficient (Wildman–Crippen LogP) is 3.69. The SMILES string of the molecule is Cc1ccccc1OCC(=O)N1C[C@H](c2nc(-c3ccccc3)no2)[C@@H](C)C1. The van der Waals surface area contributed by atoms with Gasteiger partial charge in [0.1, 0.15) is 5.75 Å². The van der Waals surface area contributed by atoms with Gasteiger partial charge in [-0.2, -0.15) is 4.98 Å². The van der Waals surface area contributed by atoms with Crippen molar-refractivity contribution in [2.75, 3.05) is 19.7 Å². The van der Waals surface area contributed by atoms with E-state index in [0.29, 0.717) is 24.8 Å². The lowest BCUT2D eigenvalue weighted by Gasteiger charge is -2.17. The molecule has 0 radical (unpaired) electrons. The third-order valence-corrected chi connectivity index (χ3v) is 5.20. The molecule has 1 aromatic heterocycles. The van der Waals surface area contributed by atoms with Crippen LogP contribution in [0.15, 0.2) is 59.1 Å². The number of para-hydroxylation sites is 1. The Hall–Kier alpha value is -3.15. The summed E-state index contributed by atoms with van der Waals surface area (Å²) in [5, 5.41) is 4.11. The Bertz CT molecular complexity index is 954. The first kappa shape index (κ1) is 18.2. The highest BCUT2D eigenvalue weighted by Crippen LogP contribution is 2.32. The fourth-order valence-electron chi connectivity index (χ4n) is 3.53. The predicted molar refractivity (Wildman–Crippen MR) is 105 cm³/mol. The van der Waals surface area contributed by atoms with Crippen LogP contribution < -0.4 is 4.74 Å². The molecule has 1 amide bonds. The summed E-state index contributed by atoms with van der Waals surface area (Å²) in [6.45, 7) is 5.32. The standard InChI is InChI=1S/C22H23N3O3/c1-15-8-6-7-11-19(15)27-14-20(26)25-12-16(2)18(13-25)22-23-21(24-28-22)17-9-4-3-5-10-17/h3-11,16,18H,12-14H2,1-2H3/t16-,18-/m0/s1. The molecule has 0 N–H and O–H groups in total. The zero-order valence-electron chi connectivity index (χ0n) is 16.0. The van der Waals surface area contributed by atoms with Gasteiger partial charge in [0.15, 0.2) is 6.61 Å². The van der Waals surface area contributed by atoms with Gasteiger partial charge in [-0.3, -0.25) is 4.79 Å². The lowest BCUT2D eigenvalue weighted by molar-refractivity contribution is -0.132. The van der Waals surface area contributed by atoms with Gasteiger partial charge < -0.3 is 14.2 Å². The third kappa shape index (κ3) is 3.76. The molecule has 0 spiro atoms. The molecule has 2 heterocycles. The summed E-state index contributed by atoms with van der Waals surface area (Å²) in [7, 11) is 0. The minimum absolute atomic E-state index is 0.0274. The van der Waals surface area contributed by atoms with Crippen LogP contribution in [0.1, 0.15) is 24.3 Å². The van der Waals surface area contributed by atoms with Gasteiger partial charge >= 0.3 is 0 Å². The number of carbonyl (C=O) groups excluding carboxylic acids is 1. The van der Waals surface area contributed by atoms with Crippen molar-refractivity contribution in [1.82, 2.24) is 15.0 Å². The van der Waals surface area contributed by atoms with Crippen LogP contribution in [0.5, 0.6) is 5.75 Å². The topological polar surface area (TPSA) is 68.5 Å². The number of likely N-dealkylation sites (tertiary alicyclic amines) is 1. The number of aryl methyl sites for hydroxylation is 1. The second-order valence-electron chi connectivity index (χ2n) is 7.26. The van der Waals surface area contributed by atoms with Crippen LogP contribution >= 0.6 is 0 Å². The molecule has 6 heteroatoms. The molecule has 3 aromatic rings. The Morgan fingerprint density at radius 3 is 2.68 bits per heavy atom. The van der Waals surface area contributed by atoms with Gasteiger partial charge in [0.05, 0.1) is 5.92 Å². The Balaban J connectivity index is 1.40. The maximum Gasteiger partial charge on any atom is 0.260 e. The Morgan fingerprint density at radius 2 is 1.89 bits per heavy atom. The first-order chi connectivity index (χ1) is 13.6. The molecule has 1 saturated heterocycles. The second kappa shape index (κ2) is 7.84. The minimum atomic E-state index is -0.0274. The monoisotopic (exact) mass is 377 g/mol. The summed E-state index contributed by atoms with van der Waals surface area (Å²) < 4.78 is 11.2. The van der Waals surface area contributed by atoms with Gasteiger partial charge in [0.25, 0.3) is 5.91 Å². The molecule has 1 aliphatic rings. The van der Waals surface area contributed by atoms with Crippen molar-refractivity contribution in [3.05, 3.63) is 66.1 Å². The van der Waals surface area contributed by atoms with Crippen LogP contribution in [0, 0.1) is 12.8 Å². The number of nitrogens with zero attached hydrogens (tertiary/aromatic N) is 3. The van der Waals surface area contributed by atoms with E-state index in [4.69, 9.17) is 9.26 Å². The van der Waals surface area contributed by atoms with Crippen LogP contribution in [-0.2, 0) is 4.79 Å². The first-order valence-corrected chi connectivity index (χ1v) is 9.47. The summed E-state index contributed by atoms with van der Waals surface area (Å²) in [6, 6.07) is 17.4. The second-order valence-corrected chi connectivity index (χ2v) is 7.26. The highest BCUT2D eigenvalue weighted by atomic mass is 16.5. The molecule has 2 atom stereocenters. The summed E-state index contributed by atoms with van der Waals surface area (Å²) in [6.07, 6.45) is 0. The third-order valence-electron chi connectivity index (χ3n) is 5.20. The Labute approximate surface area is 164 Å². The van der Waals surface area contributed by atoms with Crippen molar-refractivity contribution in [2.24, 2.45) is 5.92 Å². The highest BCUT2D eigenvalue weighted by Gasteiger charge is 2.37. The van der Waals surface area contributed by atoms with E-state index in [1.165, 1.54) is 0 Å². The maximum absolute atomic E-state index is 12.6. The molecular weight excluding hydrogens is 354 g/mol. The summed E-state index contributed by atoms with van der Waals surface area (Å²) >= 11 is 0. The highest BCUT2D eigenvalue weighted by molar-refractivity contribution is 5.78. The van der Waals surface area contributed by atoms with Crippen LogP contribution in [-0.4, -0.2) is 40.6 Å². The van der Waals surface area contributed by atoms with Gasteiger partial charge in [-0.25, -0.2) is 0 Å². The minimum Gasteiger partial charge on any atom is -0.484 e. The molecule has 6 nitrogen and oxygen atoms in total. The molecule has 0 saturated carbocycles. The summed E-state index contributed by atoms with van der Waals surface area (Å²) in [4.78, 5) is 19.0. The average molecular weight is 377 g/mol. The molecule has 1 fully saturated rings. The molecule has 28 heavy (non-hydrogen) atoms. The van der Waals surface area contributed by atoms with Gasteiger partial charge in [-0.15, -0.1) is 0 Å². The summed E-state index contributed by atoms with van der Waals surface area (Å²) in [5.41, 5.74) is 1.94. The molecular formula is C22H23N3O3. The normalized spacial score (nSPS) is 19.0. The lowest BCUT2D eigenvalue weighted by Crippen LogP contribution is -2.33. The molecule has 144 valence electrons. The Kier molecular flexibility index (Phi) is 5.10. The lowest BCUT2D eigenvalue weighted by atomic mass is 9.98. The molecule has 0 unspecified atom stereocenters. The fourth-order valence-corrected chi connectivity index (χ4v) is 3.53. The molecule has 0 bridgehead atoms. The van der Waals surface area contributed by atoms with E-state index in [-0.39, 0.29) is 24.3 Å². The van der Waals surface area contributed by atoms with Crippen molar-refractivity contribution in [3.63, 3.8) is 0 Å². The summed E-state index contributed by atoms with van der Waals surface area (Å²) in [5.74, 6) is 2.15. The number of aromatic nitrogens is 2. The number of rotatable bonds is 5. The van der Waals surface area contributed by atoms with E-state index in [0.717, 1.165) is 16.9 Å². The molecule has 2 aromatic carbocycles. The van der Waals surface area contributed by atoms with Gasteiger partial charge in [-0.05, 0) is 24.5 Å². The van der Waals surface area contributed by atoms with Crippen molar-refractivity contribution >= 4 is 5.91 Å². The van der Waals surface area contributed by atoms with Crippen molar-refractivity contribution in [3.8, 4) is 17.1 Å². The number of benzene rings is 2. The maximum atomic E-state index is 12.6. The number of ether oxygens (including phenoxy) is 1. The largest absolute Gasteiger partial charge is 0.484 e. The number of hydrogen-bond donors (Lipinski definition) is 0.